The molecule has 0 saturated carbocycles. The van der Waals surface area contributed by atoms with Gasteiger partial charge < -0.3 is 5.32 Å². The number of hydrogen-bond donors (Lipinski definition) is 1. The van der Waals surface area contributed by atoms with Gasteiger partial charge in [0.05, 0.1) is 5.69 Å². The Morgan fingerprint density at radius 2 is 2.06 bits per heavy atom. The second kappa shape index (κ2) is 4.57. The number of rotatable bonds is 1. The second-order valence-corrected chi connectivity index (χ2v) is 5.17. The van der Waals surface area contributed by atoms with E-state index in [1.807, 2.05) is 30.3 Å². The molecule has 2 heterocycles. The Morgan fingerprint density at radius 3 is 2.83 bits per heavy atom. The van der Waals surface area contributed by atoms with E-state index in [-0.39, 0.29) is 5.91 Å². The summed E-state index contributed by atoms with van der Waals surface area (Å²) in [6.45, 7) is 1.50. The highest BCUT2D eigenvalue weighted by Crippen LogP contribution is 2.22. The van der Waals surface area contributed by atoms with Gasteiger partial charge in [0.1, 0.15) is 5.69 Å². The summed E-state index contributed by atoms with van der Waals surface area (Å²) in [6.07, 6.45) is 0.917. The number of carbonyl (C=O) groups is 1. The molecule has 0 atom stereocenters. The quantitative estimate of drug-likeness (QED) is 0.879. The summed E-state index contributed by atoms with van der Waals surface area (Å²) in [5, 5.41) is 7.37. The van der Waals surface area contributed by atoms with Crippen LogP contribution in [-0.4, -0.2) is 22.2 Å². The van der Waals surface area contributed by atoms with Gasteiger partial charge in [0.15, 0.2) is 0 Å². The second-order valence-electron chi connectivity index (χ2n) is 4.25. The van der Waals surface area contributed by atoms with Crippen LogP contribution in [0.4, 0.5) is 0 Å². The van der Waals surface area contributed by atoms with Crippen LogP contribution in [0.1, 0.15) is 16.9 Å². The van der Waals surface area contributed by atoms with E-state index in [1.54, 1.807) is 4.68 Å². The summed E-state index contributed by atoms with van der Waals surface area (Å²) in [4.78, 5) is 11.8. The van der Waals surface area contributed by atoms with Crippen LogP contribution in [0, 0.1) is 0 Å². The van der Waals surface area contributed by atoms with E-state index in [4.69, 9.17) is 0 Å². The lowest BCUT2D eigenvalue weighted by atomic mass is 10.1. The van der Waals surface area contributed by atoms with E-state index in [0.717, 1.165) is 35.2 Å². The number of benzene rings is 1. The van der Waals surface area contributed by atoms with Crippen LogP contribution in [0.2, 0.25) is 0 Å². The molecule has 0 unspecified atom stereocenters. The monoisotopic (exact) mass is 305 g/mol. The normalized spacial score (nSPS) is 14.8. The van der Waals surface area contributed by atoms with Crippen molar-refractivity contribution in [1.29, 1.82) is 0 Å². The zero-order valence-corrected chi connectivity index (χ0v) is 11.3. The van der Waals surface area contributed by atoms with E-state index < -0.39 is 0 Å². The summed E-state index contributed by atoms with van der Waals surface area (Å²) in [5.74, 6) is -0.0386. The fraction of sp³-hybridized carbons (Fsp3) is 0.231. The molecule has 1 aromatic carbocycles. The van der Waals surface area contributed by atoms with Crippen LogP contribution < -0.4 is 5.32 Å². The maximum Gasteiger partial charge on any atom is 0.269 e. The lowest BCUT2D eigenvalue weighted by Gasteiger charge is -1.99. The van der Waals surface area contributed by atoms with Gasteiger partial charge in [-0.25, -0.2) is 0 Å². The summed E-state index contributed by atoms with van der Waals surface area (Å²) in [7, 11) is 0. The van der Waals surface area contributed by atoms with Crippen molar-refractivity contribution < 1.29 is 4.79 Å². The molecule has 0 radical (unpaired) electrons. The summed E-state index contributed by atoms with van der Waals surface area (Å²) in [5.41, 5.74) is 2.51. The number of carbonyl (C=O) groups excluding carboxylic acids is 1. The molecule has 0 fully saturated rings. The van der Waals surface area contributed by atoms with Gasteiger partial charge in [0, 0.05) is 23.1 Å². The SMILES string of the molecule is O=C1NCCCn2nc(-c3ccc(Br)cc3)cc21. The van der Waals surface area contributed by atoms with E-state index in [1.165, 1.54) is 0 Å². The predicted molar refractivity (Wildman–Crippen MR) is 72.3 cm³/mol. The number of nitrogens with one attached hydrogen (secondary N) is 1. The van der Waals surface area contributed by atoms with Crippen LogP contribution in [0.3, 0.4) is 0 Å². The van der Waals surface area contributed by atoms with Gasteiger partial charge >= 0.3 is 0 Å². The summed E-state index contributed by atoms with van der Waals surface area (Å²) >= 11 is 3.41. The average molecular weight is 306 g/mol. The van der Waals surface area contributed by atoms with Gasteiger partial charge in [-0.15, -0.1) is 0 Å². The zero-order chi connectivity index (χ0) is 12.5. The Bertz CT molecular complexity index is 589. The molecular weight excluding hydrogens is 294 g/mol. The largest absolute Gasteiger partial charge is 0.351 e. The third kappa shape index (κ3) is 2.06. The Morgan fingerprint density at radius 1 is 1.28 bits per heavy atom. The van der Waals surface area contributed by atoms with Gasteiger partial charge in [-0.1, -0.05) is 28.1 Å². The van der Waals surface area contributed by atoms with Crippen molar-refractivity contribution in [2.24, 2.45) is 0 Å². The van der Waals surface area contributed by atoms with Gasteiger partial charge in [-0.3, -0.25) is 9.48 Å². The average Bonchev–Trinajstić information content (AvgIpc) is 2.72. The van der Waals surface area contributed by atoms with Crippen LogP contribution in [0.25, 0.3) is 11.3 Å². The number of aryl methyl sites for hydroxylation is 1. The molecule has 3 rings (SSSR count). The fourth-order valence-corrected chi connectivity index (χ4v) is 2.32. The van der Waals surface area contributed by atoms with Crippen molar-refractivity contribution in [3.8, 4) is 11.3 Å². The topological polar surface area (TPSA) is 46.9 Å². The highest BCUT2D eigenvalue weighted by molar-refractivity contribution is 9.10. The van der Waals surface area contributed by atoms with Crippen molar-refractivity contribution in [3.05, 3.63) is 40.5 Å². The third-order valence-electron chi connectivity index (χ3n) is 2.98. The molecule has 1 aromatic heterocycles. The Hall–Kier alpha value is -1.62. The number of aromatic nitrogens is 2. The molecule has 1 aliphatic heterocycles. The summed E-state index contributed by atoms with van der Waals surface area (Å²) in [6, 6.07) is 9.78. The van der Waals surface area contributed by atoms with Crippen LogP contribution in [-0.2, 0) is 6.54 Å². The lowest BCUT2D eigenvalue weighted by molar-refractivity contribution is 0.0950. The number of halogens is 1. The van der Waals surface area contributed by atoms with Crippen LogP contribution in [0.5, 0.6) is 0 Å². The molecule has 2 aromatic rings. The first-order valence-corrected chi connectivity index (χ1v) is 6.65. The number of fused-ring (bicyclic) bond motifs is 1. The lowest BCUT2D eigenvalue weighted by Crippen LogP contribution is -2.22. The molecule has 1 amide bonds. The minimum Gasteiger partial charge on any atom is -0.351 e. The highest BCUT2D eigenvalue weighted by Gasteiger charge is 2.18. The van der Waals surface area contributed by atoms with Crippen molar-refractivity contribution in [1.82, 2.24) is 15.1 Å². The predicted octanol–water partition coefficient (Wildman–Crippen LogP) is 2.45. The smallest absolute Gasteiger partial charge is 0.269 e. The summed E-state index contributed by atoms with van der Waals surface area (Å²) < 4.78 is 2.82. The van der Waals surface area contributed by atoms with Gasteiger partial charge in [0.25, 0.3) is 5.91 Å². The molecule has 0 spiro atoms. The first kappa shape index (κ1) is 11.5. The number of amides is 1. The Kier molecular flexibility index (Phi) is 2.91. The standard InChI is InChI=1S/C13H12BrN3O/c14-10-4-2-9(3-5-10)11-8-12-13(18)15-6-1-7-17(12)16-11/h2-5,8H,1,6-7H2,(H,15,18). The first-order valence-electron chi connectivity index (χ1n) is 5.86. The van der Waals surface area contributed by atoms with Crippen molar-refractivity contribution in [2.45, 2.75) is 13.0 Å². The Balaban J connectivity index is 2.02. The maximum atomic E-state index is 11.8. The maximum absolute atomic E-state index is 11.8. The van der Waals surface area contributed by atoms with Crippen molar-refractivity contribution in [2.75, 3.05) is 6.54 Å². The molecule has 4 nitrogen and oxygen atoms in total. The number of hydrogen-bond acceptors (Lipinski definition) is 2. The molecule has 0 bridgehead atoms. The van der Waals surface area contributed by atoms with Crippen molar-refractivity contribution in [3.63, 3.8) is 0 Å². The van der Waals surface area contributed by atoms with Gasteiger partial charge in [-0.2, -0.15) is 5.10 Å². The van der Waals surface area contributed by atoms with E-state index >= 15 is 0 Å². The minimum atomic E-state index is -0.0386. The van der Waals surface area contributed by atoms with Crippen LogP contribution in [0.15, 0.2) is 34.8 Å². The van der Waals surface area contributed by atoms with E-state index in [9.17, 15) is 4.79 Å². The van der Waals surface area contributed by atoms with Gasteiger partial charge in [0.2, 0.25) is 0 Å². The number of nitrogens with zero attached hydrogens (tertiary/aromatic N) is 2. The van der Waals surface area contributed by atoms with Crippen molar-refractivity contribution >= 4 is 21.8 Å². The Labute approximate surface area is 113 Å². The van der Waals surface area contributed by atoms with Gasteiger partial charge in [-0.05, 0) is 24.6 Å². The third-order valence-corrected chi connectivity index (χ3v) is 3.51. The molecule has 0 aliphatic carbocycles. The molecule has 18 heavy (non-hydrogen) atoms. The molecule has 0 saturated heterocycles. The molecular formula is C13H12BrN3O. The zero-order valence-electron chi connectivity index (χ0n) is 9.69. The molecule has 92 valence electrons. The highest BCUT2D eigenvalue weighted by atomic mass is 79.9. The first-order chi connectivity index (χ1) is 8.74. The van der Waals surface area contributed by atoms with E-state index in [0.29, 0.717) is 5.69 Å². The van der Waals surface area contributed by atoms with Crippen LogP contribution >= 0.6 is 15.9 Å². The minimum absolute atomic E-state index is 0.0386. The van der Waals surface area contributed by atoms with E-state index in [2.05, 4.69) is 26.3 Å². The molecule has 1 aliphatic rings. The molecule has 1 N–H and O–H groups in total. The fourth-order valence-electron chi connectivity index (χ4n) is 2.05. The molecule has 5 heteroatoms.